The Morgan fingerprint density at radius 3 is 2.56 bits per heavy atom. The van der Waals surface area contributed by atoms with Crippen LogP contribution >= 0.6 is 0 Å². The van der Waals surface area contributed by atoms with Gasteiger partial charge in [0.1, 0.15) is 12.1 Å². The normalized spacial score (nSPS) is 19.9. The van der Waals surface area contributed by atoms with Gasteiger partial charge in [0.2, 0.25) is 6.10 Å². The largest absolute Gasteiger partial charge is 0.450 e. The Morgan fingerprint density at radius 2 is 2.04 bits per heavy atom. The second kappa shape index (κ2) is 8.32. The van der Waals surface area contributed by atoms with Crippen LogP contribution < -0.4 is 0 Å². The highest BCUT2D eigenvalue weighted by Gasteiger charge is 2.54. The van der Waals surface area contributed by atoms with Crippen LogP contribution in [-0.2, 0) is 19.1 Å². The highest BCUT2D eigenvalue weighted by atomic mass is 16.6. The Bertz CT molecular complexity index is 728. The van der Waals surface area contributed by atoms with E-state index in [2.05, 4.69) is 24.6 Å². The number of nitrogens with zero attached hydrogens (tertiary/aromatic N) is 1. The highest BCUT2D eigenvalue weighted by Crippen LogP contribution is 2.33. The molecule has 0 radical (unpaired) electrons. The number of likely N-dealkylation sites (tertiary alicyclic amines) is 1. The van der Waals surface area contributed by atoms with Gasteiger partial charge in [0.05, 0.1) is 0 Å². The minimum atomic E-state index is -0.896. The maximum atomic E-state index is 12.4. The maximum Gasteiger partial charge on any atom is 0.303 e. The molecule has 0 aromatic heterocycles. The summed E-state index contributed by atoms with van der Waals surface area (Å²) in [7, 11) is 1.54. The van der Waals surface area contributed by atoms with Crippen molar-refractivity contribution >= 4 is 17.4 Å². The summed E-state index contributed by atoms with van der Waals surface area (Å²) in [4.78, 5) is 25.3. The van der Waals surface area contributed by atoms with E-state index in [0.717, 1.165) is 5.56 Å². The first-order valence-electron chi connectivity index (χ1n) is 7.85. The molecule has 0 spiro atoms. The molecule has 3 atom stereocenters. The first-order valence-corrected chi connectivity index (χ1v) is 7.85. The zero-order chi connectivity index (χ0) is 18.4. The fourth-order valence-corrected chi connectivity index (χ4v) is 2.95. The number of esters is 1. The summed E-state index contributed by atoms with van der Waals surface area (Å²) >= 11 is 0. The lowest BCUT2D eigenvalue weighted by Crippen LogP contribution is -2.70. The SMILES string of the molecule is C=C=CCN1C(=O)C(OC(C)=O)C1[C@H](OC)C(=C=C)c1ccccc1. The number of ether oxygens (including phenoxy) is 2. The van der Waals surface area contributed by atoms with Crippen molar-refractivity contribution in [1.82, 2.24) is 4.90 Å². The fraction of sp³-hybridized carbons (Fsp3) is 0.300. The molecule has 25 heavy (non-hydrogen) atoms. The second-order valence-corrected chi connectivity index (χ2v) is 5.53. The van der Waals surface area contributed by atoms with E-state index in [1.165, 1.54) is 6.92 Å². The van der Waals surface area contributed by atoms with Crippen molar-refractivity contribution in [2.24, 2.45) is 0 Å². The van der Waals surface area contributed by atoms with Crippen molar-refractivity contribution < 1.29 is 19.1 Å². The van der Waals surface area contributed by atoms with Crippen molar-refractivity contribution in [3.05, 3.63) is 66.6 Å². The third-order valence-corrected chi connectivity index (χ3v) is 4.05. The molecule has 1 amide bonds. The average Bonchev–Trinajstić information content (AvgIpc) is 2.62. The van der Waals surface area contributed by atoms with Crippen molar-refractivity contribution in [1.29, 1.82) is 0 Å². The second-order valence-electron chi connectivity index (χ2n) is 5.53. The summed E-state index contributed by atoms with van der Waals surface area (Å²) in [6, 6.07) is 9.04. The first kappa shape index (κ1) is 18.5. The van der Waals surface area contributed by atoms with E-state index in [9.17, 15) is 9.59 Å². The molecule has 1 aromatic rings. The third kappa shape index (κ3) is 3.81. The van der Waals surface area contributed by atoms with Gasteiger partial charge >= 0.3 is 5.97 Å². The van der Waals surface area contributed by atoms with Crippen LogP contribution in [-0.4, -0.2) is 48.7 Å². The first-order chi connectivity index (χ1) is 12.0. The van der Waals surface area contributed by atoms with Gasteiger partial charge in [0.25, 0.3) is 5.91 Å². The standard InChI is InChI=1S/C20H21NO4/c1-5-7-13-21-17(19(20(21)23)25-14(3)22)18(24-4)16(6-2)15-11-9-8-10-12-15/h7-12,17-19H,1-2,13H2,3-4H3/t17?,18-,19?/m1/s1. The molecular formula is C20H21NO4. The van der Waals surface area contributed by atoms with Gasteiger partial charge in [0.15, 0.2) is 0 Å². The highest BCUT2D eigenvalue weighted by molar-refractivity contribution is 5.92. The molecule has 0 aliphatic carbocycles. The Kier molecular flexibility index (Phi) is 6.15. The van der Waals surface area contributed by atoms with Gasteiger partial charge in [-0.15, -0.1) is 11.5 Å². The monoisotopic (exact) mass is 339 g/mol. The van der Waals surface area contributed by atoms with Crippen LogP contribution in [0.3, 0.4) is 0 Å². The summed E-state index contributed by atoms with van der Waals surface area (Å²) in [5, 5.41) is 0. The van der Waals surface area contributed by atoms with E-state index >= 15 is 0 Å². The fourth-order valence-electron chi connectivity index (χ4n) is 2.95. The van der Waals surface area contributed by atoms with E-state index in [1.807, 2.05) is 30.3 Å². The number of methoxy groups -OCH3 is 1. The Labute approximate surface area is 147 Å². The lowest BCUT2D eigenvalue weighted by atomic mass is 9.86. The third-order valence-electron chi connectivity index (χ3n) is 4.05. The molecule has 1 aliphatic rings. The zero-order valence-corrected chi connectivity index (χ0v) is 14.4. The number of hydrogen-bond donors (Lipinski definition) is 0. The Hall–Kier alpha value is -2.84. The van der Waals surface area contributed by atoms with Gasteiger partial charge < -0.3 is 14.4 Å². The number of carbonyl (C=O) groups excluding carboxylic acids is 2. The smallest absolute Gasteiger partial charge is 0.303 e. The van der Waals surface area contributed by atoms with Crippen LogP contribution in [0.5, 0.6) is 0 Å². The molecule has 1 heterocycles. The maximum absolute atomic E-state index is 12.4. The minimum absolute atomic E-state index is 0.273. The quantitative estimate of drug-likeness (QED) is 0.435. The van der Waals surface area contributed by atoms with Gasteiger partial charge in [-0.25, -0.2) is 0 Å². The molecule has 0 saturated carbocycles. The Morgan fingerprint density at radius 1 is 1.36 bits per heavy atom. The van der Waals surface area contributed by atoms with Crippen LogP contribution in [0.4, 0.5) is 0 Å². The van der Waals surface area contributed by atoms with Gasteiger partial charge in [-0.3, -0.25) is 9.59 Å². The summed E-state index contributed by atoms with van der Waals surface area (Å²) < 4.78 is 10.9. The topological polar surface area (TPSA) is 55.8 Å². The molecule has 0 bridgehead atoms. The molecule has 5 heteroatoms. The van der Waals surface area contributed by atoms with E-state index in [-0.39, 0.29) is 5.91 Å². The Balaban J connectivity index is 2.38. The molecule has 0 N–H and O–H groups in total. The number of amides is 1. The van der Waals surface area contributed by atoms with E-state index in [1.54, 1.807) is 18.1 Å². The average molecular weight is 339 g/mol. The molecule has 130 valence electrons. The molecule has 1 saturated heterocycles. The predicted molar refractivity (Wildman–Crippen MR) is 94.6 cm³/mol. The van der Waals surface area contributed by atoms with Crippen LogP contribution in [0.2, 0.25) is 0 Å². The molecule has 5 nitrogen and oxygen atoms in total. The minimum Gasteiger partial charge on any atom is -0.450 e. The molecule has 1 fully saturated rings. The molecule has 2 unspecified atom stereocenters. The van der Waals surface area contributed by atoms with Crippen LogP contribution in [0, 0.1) is 0 Å². The van der Waals surface area contributed by atoms with Gasteiger partial charge in [0, 0.05) is 26.2 Å². The van der Waals surface area contributed by atoms with Crippen LogP contribution in [0.25, 0.3) is 5.57 Å². The van der Waals surface area contributed by atoms with E-state index in [0.29, 0.717) is 12.1 Å². The van der Waals surface area contributed by atoms with Crippen molar-refractivity contribution in [2.45, 2.75) is 25.2 Å². The van der Waals surface area contributed by atoms with E-state index < -0.39 is 24.2 Å². The predicted octanol–water partition coefficient (Wildman–Crippen LogP) is 2.35. The van der Waals surface area contributed by atoms with E-state index in [4.69, 9.17) is 9.47 Å². The number of β-lactam (4-membered cyclic amide) rings is 1. The van der Waals surface area contributed by atoms with Gasteiger partial charge in [-0.05, 0) is 11.6 Å². The summed E-state index contributed by atoms with van der Waals surface area (Å²) in [6.07, 6.45) is 0.203. The number of carbonyl (C=O) groups is 2. The number of hydrogen-bond acceptors (Lipinski definition) is 4. The summed E-state index contributed by atoms with van der Waals surface area (Å²) in [5.41, 5.74) is 7.13. The van der Waals surface area contributed by atoms with Crippen LogP contribution in [0.15, 0.2) is 61.0 Å². The van der Waals surface area contributed by atoms with Crippen molar-refractivity contribution in [3.8, 4) is 0 Å². The lowest BCUT2D eigenvalue weighted by Gasteiger charge is -2.48. The summed E-state index contributed by atoms with van der Waals surface area (Å²) in [5.74, 6) is -0.786. The van der Waals surface area contributed by atoms with Gasteiger partial charge in [-0.1, -0.05) is 43.5 Å². The van der Waals surface area contributed by atoms with Crippen molar-refractivity contribution in [2.75, 3.05) is 13.7 Å². The zero-order valence-electron chi connectivity index (χ0n) is 14.4. The van der Waals surface area contributed by atoms with Gasteiger partial charge in [-0.2, -0.15) is 0 Å². The molecule has 2 rings (SSSR count). The number of rotatable bonds is 7. The van der Waals surface area contributed by atoms with Crippen molar-refractivity contribution in [3.63, 3.8) is 0 Å². The summed E-state index contributed by atoms with van der Waals surface area (Å²) in [6.45, 7) is 8.85. The molecular weight excluding hydrogens is 318 g/mol. The molecule has 1 aliphatic heterocycles. The van der Waals surface area contributed by atoms with Crippen LogP contribution in [0.1, 0.15) is 12.5 Å². The number of benzene rings is 1. The molecule has 1 aromatic carbocycles. The lowest BCUT2D eigenvalue weighted by molar-refractivity contribution is -0.187.